The van der Waals surface area contributed by atoms with Gasteiger partial charge in [0.05, 0.1) is 10.3 Å². The summed E-state index contributed by atoms with van der Waals surface area (Å²) >= 11 is 0.799. The highest BCUT2D eigenvalue weighted by Gasteiger charge is 2.74. The lowest BCUT2D eigenvalue weighted by molar-refractivity contribution is -0.172. The number of carboxylic acids is 1. The van der Waals surface area contributed by atoms with Gasteiger partial charge in [-0.25, -0.2) is 14.4 Å². The van der Waals surface area contributed by atoms with Crippen molar-refractivity contribution >= 4 is 71.7 Å². The van der Waals surface area contributed by atoms with Crippen LogP contribution in [-0.4, -0.2) is 128 Å². The molecule has 5 rings (SSSR count). The van der Waals surface area contributed by atoms with Crippen molar-refractivity contribution in [3.05, 3.63) is 59.7 Å². The highest BCUT2D eigenvalue weighted by atomic mass is 32.2. The van der Waals surface area contributed by atoms with E-state index in [1.807, 2.05) is 0 Å². The van der Waals surface area contributed by atoms with Crippen LogP contribution in [0.2, 0.25) is 0 Å². The molecule has 296 valence electrons. The van der Waals surface area contributed by atoms with E-state index in [-0.39, 0.29) is 48.7 Å². The van der Waals surface area contributed by atoms with Gasteiger partial charge in [-0.05, 0) is 37.6 Å². The van der Waals surface area contributed by atoms with Gasteiger partial charge in [-0.1, -0.05) is 30.3 Å². The Kier molecular flexibility index (Phi) is 11.7. The Bertz CT molecular complexity index is 2010. The van der Waals surface area contributed by atoms with Crippen molar-refractivity contribution in [3.8, 4) is 11.5 Å². The number of carbonyl (C=O) groups is 10. The van der Waals surface area contributed by atoms with Crippen molar-refractivity contribution in [2.75, 3.05) is 26.2 Å². The first-order valence-electron chi connectivity index (χ1n) is 16.9. The van der Waals surface area contributed by atoms with Crippen molar-refractivity contribution in [3.63, 3.8) is 0 Å². The van der Waals surface area contributed by atoms with E-state index < -0.39 is 88.0 Å². The highest BCUT2D eigenvalue weighted by molar-refractivity contribution is 8.01. The summed E-state index contributed by atoms with van der Waals surface area (Å²) in [5.41, 5.74) is -2.25. The smallest absolute Gasteiger partial charge is 0.338 e. The molecular formula is C35H36N6O14S. The van der Waals surface area contributed by atoms with E-state index in [4.69, 9.17) is 14.2 Å². The van der Waals surface area contributed by atoms with E-state index >= 15 is 0 Å². The number of ether oxygens (including phenoxy) is 3. The number of carboxylic acid groups (broad SMARTS) is 1. The van der Waals surface area contributed by atoms with Gasteiger partial charge >= 0.3 is 41.7 Å². The summed E-state index contributed by atoms with van der Waals surface area (Å²) in [4.78, 5) is 130. The number of hydrogen-bond acceptors (Lipinski definition) is 14. The molecule has 0 spiro atoms. The minimum Gasteiger partial charge on any atom is -0.480 e. The standard InChI is InChI=1S/C35H36N6O14S/c1-5-39-13-14-40(28(47)27(39)46)33(52)37-24(20-9-7-6-8-10-20)26(45)38-35(36-17-42)31(51)41-25(29(48)49)34(4,56-32(35)41)16-53-30(50)21-11-12-22(54-18(2)43)23(15-21)55-19(3)44/h6-12,15,17,24-25,32H,5,13-14,16H2,1-4H3,(H,36,42)(H,37,52)(H,38,45)(H,48,49)/t24-,25?,32+,34+,35-/m1/s1. The maximum Gasteiger partial charge on any atom is 0.338 e. The maximum atomic E-state index is 14.1. The minimum absolute atomic E-state index is 0.0583. The van der Waals surface area contributed by atoms with Crippen LogP contribution in [0, 0.1) is 0 Å². The predicted octanol–water partition coefficient (Wildman–Crippen LogP) is -0.479. The molecule has 5 atom stereocenters. The molecule has 2 aromatic carbocycles. The van der Waals surface area contributed by atoms with Crippen LogP contribution in [0.15, 0.2) is 48.5 Å². The number of aliphatic carboxylic acids is 1. The SMILES string of the molecule is CCN1CCN(C(=O)N[C@@H](C(=O)N[C@]2(NC=O)C(=O)N3C(C(=O)O)[C@](C)(COC(=O)c4ccc(OC(C)=O)c(OC(C)=O)c4)S[C@H]32)c2ccccc2)C(=O)C1=O. The maximum absolute atomic E-state index is 14.1. The number of nitrogens with one attached hydrogen (secondary N) is 3. The van der Waals surface area contributed by atoms with Crippen LogP contribution in [0.25, 0.3) is 0 Å². The molecule has 4 N–H and O–H groups in total. The van der Waals surface area contributed by atoms with Crippen LogP contribution in [0.5, 0.6) is 11.5 Å². The monoisotopic (exact) mass is 796 g/mol. The lowest BCUT2D eigenvalue weighted by atomic mass is 9.90. The van der Waals surface area contributed by atoms with Gasteiger partial charge in [0.1, 0.15) is 24.1 Å². The molecule has 0 aliphatic carbocycles. The molecule has 20 nitrogen and oxygen atoms in total. The molecule has 3 heterocycles. The second kappa shape index (κ2) is 16.1. The van der Waals surface area contributed by atoms with E-state index in [1.54, 1.807) is 25.1 Å². The molecule has 3 aliphatic heterocycles. The number of nitrogens with zero attached hydrogens (tertiary/aromatic N) is 3. The summed E-state index contributed by atoms with van der Waals surface area (Å²) in [6, 6.07) is 6.79. The zero-order valence-electron chi connectivity index (χ0n) is 30.3. The molecule has 2 aromatic rings. The number of amides is 7. The molecule has 1 unspecified atom stereocenters. The van der Waals surface area contributed by atoms with Crippen molar-refractivity contribution < 1.29 is 67.3 Å². The van der Waals surface area contributed by atoms with E-state index in [2.05, 4.69) is 16.0 Å². The van der Waals surface area contributed by atoms with Crippen LogP contribution in [0.3, 0.4) is 0 Å². The first-order chi connectivity index (χ1) is 26.5. The normalized spacial score (nSPS) is 23.2. The number of rotatable bonds is 13. The van der Waals surface area contributed by atoms with Gasteiger partial charge in [0.15, 0.2) is 11.5 Å². The fraction of sp³-hybridized carbons (Fsp3) is 0.371. The van der Waals surface area contributed by atoms with Gasteiger partial charge < -0.3 is 45.1 Å². The molecule has 0 aromatic heterocycles. The van der Waals surface area contributed by atoms with E-state index in [0.717, 1.165) is 36.6 Å². The first kappa shape index (κ1) is 40.7. The number of β-lactam (4-membered cyclic amide) rings is 1. The van der Waals surface area contributed by atoms with Crippen molar-refractivity contribution in [1.82, 2.24) is 30.7 Å². The van der Waals surface area contributed by atoms with Gasteiger partial charge in [0, 0.05) is 33.5 Å². The molecule has 7 amide bonds. The van der Waals surface area contributed by atoms with Gasteiger partial charge in [0.2, 0.25) is 18.0 Å². The summed E-state index contributed by atoms with van der Waals surface area (Å²) in [6.45, 7) is 4.75. The summed E-state index contributed by atoms with van der Waals surface area (Å²) in [7, 11) is 0. The zero-order valence-corrected chi connectivity index (χ0v) is 31.1. The number of fused-ring (bicyclic) bond motifs is 1. The third-order valence-corrected chi connectivity index (χ3v) is 10.7. The van der Waals surface area contributed by atoms with Crippen molar-refractivity contribution in [2.24, 2.45) is 0 Å². The minimum atomic E-state index is -2.26. The van der Waals surface area contributed by atoms with Crippen LogP contribution >= 0.6 is 11.8 Å². The number of piperazine rings is 1. The number of hydrogen-bond donors (Lipinski definition) is 4. The van der Waals surface area contributed by atoms with Crippen LogP contribution in [0.4, 0.5) is 4.79 Å². The van der Waals surface area contributed by atoms with Crippen molar-refractivity contribution in [2.45, 2.75) is 55.6 Å². The van der Waals surface area contributed by atoms with Gasteiger partial charge in [-0.15, -0.1) is 11.8 Å². The number of thioether (sulfide) groups is 1. The van der Waals surface area contributed by atoms with E-state index in [9.17, 15) is 53.1 Å². The van der Waals surface area contributed by atoms with Crippen LogP contribution in [0.1, 0.15) is 49.7 Å². The molecule has 56 heavy (non-hydrogen) atoms. The summed E-state index contributed by atoms with van der Waals surface area (Å²) in [6.07, 6.45) is 0.120. The summed E-state index contributed by atoms with van der Waals surface area (Å²) in [5.74, 6) is -8.58. The Labute approximate surface area is 322 Å². The lowest BCUT2D eigenvalue weighted by Gasteiger charge is -2.52. The average molecular weight is 797 g/mol. The highest BCUT2D eigenvalue weighted by Crippen LogP contribution is 2.54. The third kappa shape index (κ3) is 7.70. The predicted molar refractivity (Wildman–Crippen MR) is 189 cm³/mol. The topological polar surface area (TPSA) is 264 Å². The molecule has 0 bridgehead atoms. The second-order valence-corrected chi connectivity index (χ2v) is 14.5. The number of urea groups is 1. The number of likely N-dealkylation sites (N-methyl/N-ethyl adjacent to an activating group) is 1. The summed E-state index contributed by atoms with van der Waals surface area (Å²) in [5, 5.41) is 16.2. The quantitative estimate of drug-likeness (QED) is 0.0498. The first-order valence-corrected chi connectivity index (χ1v) is 17.8. The number of benzene rings is 2. The Morgan fingerprint density at radius 3 is 2.23 bits per heavy atom. The Hall–Kier alpha value is -6.51. The Morgan fingerprint density at radius 1 is 0.964 bits per heavy atom. The molecule has 3 aliphatic rings. The number of carbonyl (C=O) groups excluding carboxylic acids is 9. The molecule has 3 fully saturated rings. The molecule has 0 saturated carbocycles. The Morgan fingerprint density at radius 2 is 1.62 bits per heavy atom. The second-order valence-electron chi connectivity index (χ2n) is 12.9. The zero-order chi connectivity index (χ0) is 41.1. The van der Waals surface area contributed by atoms with E-state index in [1.165, 1.54) is 36.1 Å². The van der Waals surface area contributed by atoms with Crippen LogP contribution in [-0.2, 0) is 43.1 Å². The van der Waals surface area contributed by atoms with Crippen molar-refractivity contribution in [1.29, 1.82) is 0 Å². The third-order valence-electron chi connectivity index (χ3n) is 9.05. The number of imide groups is 1. The fourth-order valence-corrected chi connectivity index (χ4v) is 8.14. The van der Waals surface area contributed by atoms with Crippen LogP contribution < -0.4 is 25.4 Å². The molecule has 3 saturated heterocycles. The van der Waals surface area contributed by atoms with Gasteiger partial charge in [0.25, 0.3) is 5.91 Å². The number of esters is 3. The summed E-state index contributed by atoms with van der Waals surface area (Å²) < 4.78 is 13.9. The molecule has 21 heteroatoms. The molecular weight excluding hydrogens is 760 g/mol. The van der Waals surface area contributed by atoms with E-state index in [0.29, 0.717) is 4.90 Å². The largest absolute Gasteiger partial charge is 0.480 e. The molecule has 0 radical (unpaired) electrons. The lowest BCUT2D eigenvalue weighted by Crippen LogP contribution is -2.85. The van der Waals surface area contributed by atoms with Gasteiger partial charge in [-0.3, -0.25) is 38.5 Å². The Balaban J connectivity index is 1.38. The fourth-order valence-electron chi connectivity index (χ4n) is 6.42. The average Bonchev–Trinajstić information content (AvgIpc) is 3.45. The van der Waals surface area contributed by atoms with Gasteiger partial charge in [-0.2, -0.15) is 0 Å².